The zero-order chi connectivity index (χ0) is 11.5. The van der Waals surface area contributed by atoms with Gasteiger partial charge in [-0.1, -0.05) is 13.8 Å². The minimum atomic E-state index is 0.636. The summed E-state index contributed by atoms with van der Waals surface area (Å²) in [4.78, 5) is 4.13. The van der Waals surface area contributed by atoms with Gasteiger partial charge in [0, 0.05) is 24.1 Å². The number of aromatic nitrogens is 1. The maximum Gasteiger partial charge on any atom is 0.0403 e. The molecule has 3 atom stereocenters. The number of nitrogens with one attached hydrogen (secondary N) is 1. The van der Waals surface area contributed by atoms with Gasteiger partial charge in [-0.15, -0.1) is 0 Å². The lowest BCUT2D eigenvalue weighted by Gasteiger charge is -2.34. The quantitative estimate of drug-likeness (QED) is 0.820. The van der Waals surface area contributed by atoms with Crippen molar-refractivity contribution in [2.45, 2.75) is 46.1 Å². The summed E-state index contributed by atoms with van der Waals surface area (Å²) < 4.78 is 0. The SMILES string of the molecule is Cc1cnccc1NC1CCC(C)CC1C. The molecule has 3 unspecified atom stereocenters. The summed E-state index contributed by atoms with van der Waals surface area (Å²) in [7, 11) is 0. The smallest absolute Gasteiger partial charge is 0.0403 e. The number of anilines is 1. The number of hydrogen-bond donors (Lipinski definition) is 1. The van der Waals surface area contributed by atoms with Crippen LogP contribution in [0, 0.1) is 18.8 Å². The number of aryl methyl sites for hydroxylation is 1. The second kappa shape index (κ2) is 4.86. The molecule has 1 aromatic rings. The minimum absolute atomic E-state index is 0.636. The molecule has 1 fully saturated rings. The molecule has 0 amide bonds. The van der Waals surface area contributed by atoms with Crippen molar-refractivity contribution < 1.29 is 0 Å². The first-order valence-corrected chi connectivity index (χ1v) is 6.34. The summed E-state index contributed by atoms with van der Waals surface area (Å²) >= 11 is 0. The van der Waals surface area contributed by atoms with Gasteiger partial charge in [0.2, 0.25) is 0 Å². The van der Waals surface area contributed by atoms with E-state index in [1.807, 2.05) is 12.4 Å². The predicted octanol–water partition coefficient (Wildman–Crippen LogP) is 3.63. The molecule has 0 aromatic carbocycles. The van der Waals surface area contributed by atoms with Gasteiger partial charge in [0.15, 0.2) is 0 Å². The Morgan fingerprint density at radius 1 is 1.31 bits per heavy atom. The van der Waals surface area contributed by atoms with Gasteiger partial charge in [-0.2, -0.15) is 0 Å². The summed E-state index contributed by atoms with van der Waals surface area (Å²) in [5.74, 6) is 1.67. The van der Waals surface area contributed by atoms with E-state index in [1.165, 1.54) is 30.5 Å². The first kappa shape index (κ1) is 11.4. The van der Waals surface area contributed by atoms with Gasteiger partial charge in [0.05, 0.1) is 0 Å². The summed E-state index contributed by atoms with van der Waals surface area (Å²) in [6.07, 6.45) is 7.79. The van der Waals surface area contributed by atoms with Crippen LogP contribution in [0.15, 0.2) is 18.5 Å². The molecule has 2 heteroatoms. The van der Waals surface area contributed by atoms with E-state index >= 15 is 0 Å². The van der Waals surface area contributed by atoms with Gasteiger partial charge >= 0.3 is 0 Å². The van der Waals surface area contributed by atoms with Crippen molar-refractivity contribution in [2.24, 2.45) is 11.8 Å². The lowest BCUT2D eigenvalue weighted by Crippen LogP contribution is -2.33. The fourth-order valence-corrected chi connectivity index (χ4v) is 2.71. The molecule has 1 heterocycles. The third-order valence-corrected chi connectivity index (χ3v) is 3.79. The average Bonchev–Trinajstić information content (AvgIpc) is 2.25. The van der Waals surface area contributed by atoms with Crippen molar-refractivity contribution in [3.63, 3.8) is 0 Å². The van der Waals surface area contributed by atoms with E-state index in [4.69, 9.17) is 0 Å². The predicted molar refractivity (Wildman–Crippen MR) is 68.6 cm³/mol. The van der Waals surface area contributed by atoms with Gasteiger partial charge in [-0.25, -0.2) is 0 Å². The van der Waals surface area contributed by atoms with E-state index in [0.717, 1.165) is 11.8 Å². The molecular formula is C14H22N2. The van der Waals surface area contributed by atoms with Crippen LogP contribution in [0.2, 0.25) is 0 Å². The summed E-state index contributed by atoms with van der Waals surface area (Å²) in [6.45, 7) is 6.85. The standard InChI is InChI=1S/C14H22N2/c1-10-4-5-13(11(2)8-10)16-14-6-7-15-9-12(14)3/h6-7,9-11,13H,4-5,8H2,1-3H3,(H,15,16). The molecule has 1 aliphatic rings. The van der Waals surface area contributed by atoms with Gasteiger partial charge in [-0.3, -0.25) is 4.98 Å². The molecule has 16 heavy (non-hydrogen) atoms. The molecule has 88 valence electrons. The molecular weight excluding hydrogens is 196 g/mol. The fraction of sp³-hybridized carbons (Fsp3) is 0.643. The molecule has 0 radical (unpaired) electrons. The molecule has 0 aliphatic heterocycles. The van der Waals surface area contributed by atoms with Crippen molar-refractivity contribution in [3.8, 4) is 0 Å². The van der Waals surface area contributed by atoms with Crippen molar-refractivity contribution in [1.82, 2.24) is 4.98 Å². The topological polar surface area (TPSA) is 24.9 Å². The van der Waals surface area contributed by atoms with Crippen molar-refractivity contribution in [1.29, 1.82) is 0 Å². The highest BCUT2D eigenvalue weighted by Crippen LogP contribution is 2.31. The maximum atomic E-state index is 4.13. The molecule has 1 N–H and O–H groups in total. The maximum absolute atomic E-state index is 4.13. The highest BCUT2D eigenvalue weighted by atomic mass is 14.9. The molecule has 2 nitrogen and oxygen atoms in total. The van der Waals surface area contributed by atoms with Gasteiger partial charge in [0.25, 0.3) is 0 Å². The summed E-state index contributed by atoms with van der Waals surface area (Å²) in [5, 5.41) is 3.68. The van der Waals surface area contributed by atoms with Crippen LogP contribution in [0.4, 0.5) is 5.69 Å². The Morgan fingerprint density at radius 2 is 2.12 bits per heavy atom. The average molecular weight is 218 g/mol. The van der Waals surface area contributed by atoms with Crippen LogP contribution >= 0.6 is 0 Å². The molecule has 1 aliphatic carbocycles. The van der Waals surface area contributed by atoms with Crippen LogP contribution < -0.4 is 5.32 Å². The third-order valence-electron chi connectivity index (χ3n) is 3.79. The molecule has 1 aromatic heterocycles. The van der Waals surface area contributed by atoms with Crippen molar-refractivity contribution in [2.75, 3.05) is 5.32 Å². The van der Waals surface area contributed by atoms with E-state index in [2.05, 4.69) is 37.1 Å². The van der Waals surface area contributed by atoms with Crippen LogP contribution in [0.1, 0.15) is 38.7 Å². The highest BCUT2D eigenvalue weighted by Gasteiger charge is 2.25. The second-order valence-electron chi connectivity index (χ2n) is 5.34. The Hall–Kier alpha value is -1.05. The zero-order valence-electron chi connectivity index (χ0n) is 10.5. The van der Waals surface area contributed by atoms with E-state index in [0.29, 0.717) is 6.04 Å². The van der Waals surface area contributed by atoms with E-state index < -0.39 is 0 Å². The lowest BCUT2D eigenvalue weighted by molar-refractivity contribution is 0.276. The number of pyridine rings is 1. The Morgan fingerprint density at radius 3 is 2.81 bits per heavy atom. The molecule has 2 rings (SSSR count). The van der Waals surface area contributed by atoms with Crippen molar-refractivity contribution in [3.05, 3.63) is 24.0 Å². The first-order valence-electron chi connectivity index (χ1n) is 6.34. The lowest BCUT2D eigenvalue weighted by atomic mass is 9.80. The normalized spacial score (nSPS) is 30.1. The van der Waals surface area contributed by atoms with Crippen LogP contribution in [0.3, 0.4) is 0 Å². The van der Waals surface area contributed by atoms with Gasteiger partial charge in [-0.05, 0) is 49.7 Å². The van der Waals surface area contributed by atoms with E-state index in [-0.39, 0.29) is 0 Å². The first-order chi connectivity index (χ1) is 7.66. The highest BCUT2D eigenvalue weighted by molar-refractivity contribution is 5.49. The third kappa shape index (κ3) is 2.55. The van der Waals surface area contributed by atoms with Crippen LogP contribution in [0.25, 0.3) is 0 Å². The van der Waals surface area contributed by atoms with E-state index in [9.17, 15) is 0 Å². The Kier molecular flexibility index (Phi) is 3.47. The Bertz CT molecular complexity index is 348. The largest absolute Gasteiger partial charge is 0.382 e. The number of hydrogen-bond acceptors (Lipinski definition) is 2. The Labute approximate surface area is 98.5 Å². The zero-order valence-corrected chi connectivity index (χ0v) is 10.5. The van der Waals surface area contributed by atoms with Gasteiger partial charge < -0.3 is 5.32 Å². The molecule has 0 bridgehead atoms. The summed E-state index contributed by atoms with van der Waals surface area (Å²) in [6, 6.07) is 2.72. The van der Waals surface area contributed by atoms with Crippen LogP contribution in [0.5, 0.6) is 0 Å². The number of nitrogens with zero attached hydrogens (tertiary/aromatic N) is 1. The Balaban J connectivity index is 2.02. The van der Waals surface area contributed by atoms with Crippen LogP contribution in [-0.4, -0.2) is 11.0 Å². The molecule has 0 spiro atoms. The molecule has 1 saturated carbocycles. The van der Waals surface area contributed by atoms with Crippen molar-refractivity contribution >= 4 is 5.69 Å². The van der Waals surface area contributed by atoms with Crippen LogP contribution in [-0.2, 0) is 0 Å². The van der Waals surface area contributed by atoms with E-state index in [1.54, 1.807) is 0 Å². The molecule has 0 saturated heterocycles. The monoisotopic (exact) mass is 218 g/mol. The minimum Gasteiger partial charge on any atom is -0.382 e. The number of rotatable bonds is 2. The fourth-order valence-electron chi connectivity index (χ4n) is 2.71. The van der Waals surface area contributed by atoms with Gasteiger partial charge in [0.1, 0.15) is 0 Å². The summed E-state index contributed by atoms with van der Waals surface area (Å²) in [5.41, 5.74) is 2.50. The second-order valence-corrected chi connectivity index (χ2v) is 5.34.